The molecule has 1 heterocycles. The zero-order valence-corrected chi connectivity index (χ0v) is 15.2. The Morgan fingerprint density at radius 1 is 1.14 bits per heavy atom. The van der Waals surface area contributed by atoms with E-state index in [9.17, 15) is 22.8 Å². The second-order valence-electron chi connectivity index (χ2n) is 6.81. The highest BCUT2D eigenvalue weighted by molar-refractivity contribution is 5.91. The van der Waals surface area contributed by atoms with E-state index in [1.807, 2.05) is 0 Å². The highest BCUT2D eigenvalue weighted by Crippen LogP contribution is 2.28. The maximum absolute atomic E-state index is 12.4. The Morgan fingerprint density at radius 3 is 2.48 bits per heavy atom. The average molecular weight is 408 g/mol. The number of carbonyl (C=O) groups is 2. The molecule has 0 bridgehead atoms. The second kappa shape index (κ2) is 8.52. The van der Waals surface area contributed by atoms with E-state index in [1.165, 1.54) is 18.2 Å². The molecule has 3 N–H and O–H groups in total. The van der Waals surface area contributed by atoms with Gasteiger partial charge in [-0.15, -0.1) is 13.2 Å². The van der Waals surface area contributed by atoms with Gasteiger partial charge in [-0.2, -0.15) is 0 Å². The molecule has 2 aromatic carbocycles. The Kier molecular flexibility index (Phi) is 6.07. The monoisotopic (exact) mass is 408 g/mol. The van der Waals surface area contributed by atoms with Crippen molar-refractivity contribution in [3.8, 4) is 16.9 Å². The van der Waals surface area contributed by atoms with Crippen LogP contribution in [0.3, 0.4) is 0 Å². The van der Waals surface area contributed by atoms with E-state index in [0.29, 0.717) is 29.8 Å². The summed E-state index contributed by atoms with van der Waals surface area (Å²) in [5.74, 6) is -1.51. The minimum absolute atomic E-state index is 0.0493. The topological polar surface area (TPSA) is 87.7 Å². The summed E-state index contributed by atoms with van der Waals surface area (Å²) in [6.45, 7) is 0.472. The summed E-state index contributed by atoms with van der Waals surface area (Å²) < 4.78 is 41.0. The van der Waals surface area contributed by atoms with E-state index in [1.54, 1.807) is 30.3 Å². The fourth-order valence-corrected chi connectivity index (χ4v) is 3.25. The Balaban J connectivity index is 1.58. The first kappa shape index (κ1) is 20.7. The highest BCUT2D eigenvalue weighted by atomic mass is 19.4. The number of nitrogens with one attached hydrogen (secondary N) is 2. The molecule has 0 radical (unpaired) electrons. The predicted molar refractivity (Wildman–Crippen MR) is 99.3 cm³/mol. The zero-order chi connectivity index (χ0) is 21.0. The number of rotatable bonds is 6. The van der Waals surface area contributed by atoms with Gasteiger partial charge in [0.15, 0.2) is 0 Å². The van der Waals surface area contributed by atoms with Gasteiger partial charge in [-0.1, -0.05) is 24.3 Å². The maximum atomic E-state index is 12.4. The van der Waals surface area contributed by atoms with E-state index in [2.05, 4.69) is 15.4 Å². The van der Waals surface area contributed by atoms with Gasteiger partial charge in [-0.25, -0.2) is 0 Å². The minimum Gasteiger partial charge on any atom is -0.480 e. The van der Waals surface area contributed by atoms with E-state index < -0.39 is 18.4 Å². The number of alkyl halides is 3. The Bertz CT molecular complexity index is 884. The number of hydrogen-bond donors (Lipinski definition) is 3. The number of benzene rings is 2. The van der Waals surface area contributed by atoms with E-state index in [-0.39, 0.29) is 24.0 Å². The summed E-state index contributed by atoms with van der Waals surface area (Å²) in [5.41, 5.74) is 1.75. The van der Waals surface area contributed by atoms with Crippen molar-refractivity contribution in [3.63, 3.8) is 0 Å². The second-order valence-corrected chi connectivity index (χ2v) is 6.81. The quantitative estimate of drug-likeness (QED) is 0.679. The number of halogens is 3. The molecule has 2 atom stereocenters. The van der Waals surface area contributed by atoms with Gasteiger partial charge < -0.3 is 20.5 Å². The molecule has 1 fully saturated rings. The first-order chi connectivity index (χ1) is 13.7. The summed E-state index contributed by atoms with van der Waals surface area (Å²) in [4.78, 5) is 23.1. The number of carbonyl (C=O) groups excluding carboxylic acids is 1. The molecule has 2 unspecified atom stereocenters. The number of hydrogen-bond acceptors (Lipinski definition) is 4. The normalized spacial score (nSPS) is 19.0. The first-order valence-corrected chi connectivity index (χ1v) is 8.92. The van der Waals surface area contributed by atoms with Crippen LogP contribution in [0.5, 0.6) is 5.75 Å². The summed E-state index contributed by atoms with van der Waals surface area (Å²) >= 11 is 0. The lowest BCUT2D eigenvalue weighted by molar-refractivity contribution is -0.274. The Labute approximate surface area is 164 Å². The summed E-state index contributed by atoms with van der Waals surface area (Å²) in [7, 11) is 0. The third-order valence-electron chi connectivity index (χ3n) is 4.56. The zero-order valence-electron chi connectivity index (χ0n) is 15.2. The third-order valence-corrected chi connectivity index (χ3v) is 4.56. The van der Waals surface area contributed by atoms with E-state index in [4.69, 9.17) is 5.11 Å². The predicted octanol–water partition coefficient (Wildman–Crippen LogP) is 3.64. The number of ether oxygens (including phenoxy) is 1. The standard InChI is InChI=1S/C20H19F3N2O4/c21-20(22,23)29-16-3-1-2-14(10-16)13-4-6-15(7-5-13)25-18(26)9-12-8-17(19(27)28)24-11-12/h1-7,10,12,17,24H,8-9,11H2,(H,25,26)(H,27,28). The molecule has 6 nitrogen and oxygen atoms in total. The highest BCUT2D eigenvalue weighted by Gasteiger charge is 2.31. The first-order valence-electron chi connectivity index (χ1n) is 8.92. The SMILES string of the molecule is O=C(CC1CNC(C(=O)O)C1)Nc1ccc(-c2cccc(OC(F)(F)F)c2)cc1. The van der Waals surface area contributed by atoms with Crippen LogP contribution < -0.4 is 15.4 Å². The van der Waals surface area contributed by atoms with Gasteiger partial charge >= 0.3 is 12.3 Å². The van der Waals surface area contributed by atoms with Crippen LogP contribution in [-0.4, -0.2) is 35.9 Å². The molecule has 0 spiro atoms. The summed E-state index contributed by atoms with van der Waals surface area (Å²) in [6, 6.07) is 11.7. The summed E-state index contributed by atoms with van der Waals surface area (Å²) in [5, 5.41) is 14.6. The molecule has 3 rings (SSSR count). The molecule has 1 aliphatic rings. The van der Waals surface area contributed by atoms with Crippen LogP contribution in [0, 0.1) is 5.92 Å². The molecule has 29 heavy (non-hydrogen) atoms. The van der Waals surface area contributed by atoms with Crippen molar-refractivity contribution in [2.45, 2.75) is 25.2 Å². The third kappa shape index (κ3) is 5.95. The molecule has 0 aliphatic carbocycles. The maximum Gasteiger partial charge on any atom is 0.573 e. The van der Waals surface area contributed by atoms with Crippen molar-refractivity contribution in [1.82, 2.24) is 5.32 Å². The van der Waals surface area contributed by atoms with E-state index in [0.717, 1.165) is 0 Å². The van der Waals surface area contributed by atoms with Crippen LogP contribution in [0.2, 0.25) is 0 Å². The number of carboxylic acids is 1. The van der Waals surface area contributed by atoms with Crippen molar-refractivity contribution >= 4 is 17.6 Å². The summed E-state index contributed by atoms with van der Waals surface area (Å²) in [6.07, 6.45) is -4.15. The van der Waals surface area contributed by atoms with Crippen molar-refractivity contribution in [2.24, 2.45) is 5.92 Å². The lowest BCUT2D eigenvalue weighted by atomic mass is 10.0. The average Bonchev–Trinajstić information content (AvgIpc) is 3.10. The number of aliphatic carboxylic acids is 1. The molecule has 1 amide bonds. The van der Waals surface area contributed by atoms with Gasteiger partial charge in [-0.05, 0) is 54.3 Å². The lowest BCUT2D eigenvalue weighted by Crippen LogP contribution is -2.29. The van der Waals surface area contributed by atoms with Crippen molar-refractivity contribution < 1.29 is 32.6 Å². The van der Waals surface area contributed by atoms with Gasteiger partial charge in [0.1, 0.15) is 11.8 Å². The molecule has 0 saturated carbocycles. The van der Waals surface area contributed by atoms with Gasteiger partial charge in [0, 0.05) is 12.1 Å². The van der Waals surface area contributed by atoms with Crippen molar-refractivity contribution in [1.29, 1.82) is 0 Å². The van der Waals surface area contributed by atoms with Gasteiger partial charge in [0.05, 0.1) is 0 Å². The van der Waals surface area contributed by atoms with Gasteiger partial charge in [0.25, 0.3) is 0 Å². The fourth-order valence-electron chi connectivity index (χ4n) is 3.25. The van der Waals surface area contributed by atoms with Crippen LogP contribution in [0.4, 0.5) is 18.9 Å². The van der Waals surface area contributed by atoms with Crippen molar-refractivity contribution in [2.75, 3.05) is 11.9 Å². The molecule has 2 aromatic rings. The molecule has 0 aromatic heterocycles. The molecule has 154 valence electrons. The van der Waals surface area contributed by atoms with Crippen LogP contribution in [-0.2, 0) is 9.59 Å². The molecule has 1 aliphatic heterocycles. The van der Waals surface area contributed by atoms with Gasteiger partial charge in [-0.3, -0.25) is 9.59 Å². The van der Waals surface area contributed by atoms with Crippen LogP contribution in [0.15, 0.2) is 48.5 Å². The number of carboxylic acid groups (broad SMARTS) is 1. The fraction of sp³-hybridized carbons (Fsp3) is 0.300. The largest absolute Gasteiger partial charge is 0.573 e. The molecule has 9 heteroatoms. The van der Waals surface area contributed by atoms with E-state index >= 15 is 0 Å². The molecule has 1 saturated heterocycles. The van der Waals surface area contributed by atoms with Crippen LogP contribution in [0.25, 0.3) is 11.1 Å². The lowest BCUT2D eigenvalue weighted by Gasteiger charge is -2.11. The Hall–Kier alpha value is -3.07. The van der Waals surface area contributed by atoms with Crippen LogP contribution >= 0.6 is 0 Å². The van der Waals surface area contributed by atoms with Crippen molar-refractivity contribution in [3.05, 3.63) is 48.5 Å². The minimum atomic E-state index is -4.76. The molecular weight excluding hydrogens is 389 g/mol. The Morgan fingerprint density at radius 2 is 1.86 bits per heavy atom. The number of amides is 1. The van der Waals surface area contributed by atoms with Crippen LogP contribution in [0.1, 0.15) is 12.8 Å². The van der Waals surface area contributed by atoms with Gasteiger partial charge in [0.2, 0.25) is 5.91 Å². The smallest absolute Gasteiger partial charge is 0.480 e. The molecular formula is C20H19F3N2O4. The number of anilines is 1.